The Morgan fingerprint density at radius 2 is 1.95 bits per heavy atom. The Labute approximate surface area is 114 Å². The topological polar surface area (TPSA) is 60.9 Å². The number of halogens is 1. The number of hydrogen-bond donors (Lipinski definition) is 1. The lowest BCUT2D eigenvalue weighted by molar-refractivity contribution is 0.625. The molecule has 3 rings (SSSR count). The predicted molar refractivity (Wildman–Crippen MR) is 75.2 cm³/mol. The third-order valence-electron chi connectivity index (χ3n) is 3.09. The summed E-state index contributed by atoms with van der Waals surface area (Å²) < 4.78 is 14.7. The Kier molecular flexibility index (Phi) is 3.04. The van der Waals surface area contributed by atoms with Gasteiger partial charge in [0.2, 0.25) is 0 Å². The molecule has 0 fully saturated rings. The lowest BCUT2D eigenvalue weighted by Gasteiger charge is -2.12. The Morgan fingerprint density at radius 3 is 2.70 bits per heavy atom. The Hall–Kier alpha value is -2.53. The average Bonchev–Trinajstić information content (AvgIpc) is 2.47. The van der Waals surface area contributed by atoms with Gasteiger partial charge in [-0.3, -0.25) is 9.36 Å². The smallest absolute Gasteiger partial charge is 0.266 e. The van der Waals surface area contributed by atoms with E-state index in [2.05, 4.69) is 4.98 Å². The fourth-order valence-electron chi connectivity index (χ4n) is 2.20. The van der Waals surface area contributed by atoms with Crippen molar-refractivity contribution >= 4 is 10.9 Å². The second-order valence-corrected chi connectivity index (χ2v) is 4.37. The minimum Gasteiger partial charge on any atom is -0.324 e. The van der Waals surface area contributed by atoms with Crippen LogP contribution in [0.15, 0.2) is 53.3 Å². The third-order valence-corrected chi connectivity index (χ3v) is 3.09. The van der Waals surface area contributed by atoms with Crippen molar-refractivity contribution in [2.24, 2.45) is 5.73 Å². The Bertz CT molecular complexity index is 842. The molecule has 0 spiro atoms. The molecule has 0 saturated carbocycles. The maximum absolute atomic E-state index is 13.4. The summed E-state index contributed by atoms with van der Waals surface area (Å²) >= 11 is 0. The zero-order chi connectivity index (χ0) is 14.1. The molecule has 0 bridgehead atoms. The first kappa shape index (κ1) is 12.5. The molecule has 5 heteroatoms. The predicted octanol–water partition coefficient (Wildman–Crippen LogP) is 1.98. The number of nitrogens with two attached hydrogens (primary N) is 1. The molecule has 0 radical (unpaired) electrons. The van der Waals surface area contributed by atoms with Crippen LogP contribution in [0.3, 0.4) is 0 Å². The second-order valence-electron chi connectivity index (χ2n) is 4.37. The molecule has 1 heterocycles. The van der Waals surface area contributed by atoms with E-state index in [0.29, 0.717) is 22.4 Å². The van der Waals surface area contributed by atoms with Crippen molar-refractivity contribution < 1.29 is 4.39 Å². The molecule has 2 N–H and O–H groups in total. The van der Waals surface area contributed by atoms with E-state index >= 15 is 0 Å². The summed E-state index contributed by atoms with van der Waals surface area (Å²) in [5.74, 6) is -0.00942. The normalized spacial score (nSPS) is 10.9. The molecule has 0 aliphatic heterocycles. The zero-order valence-electron chi connectivity index (χ0n) is 10.6. The summed E-state index contributed by atoms with van der Waals surface area (Å²) in [7, 11) is 0. The monoisotopic (exact) mass is 269 g/mol. The standard InChI is InChI=1S/C15H12FN3O/c16-10-4-3-5-11(8-10)19-14(9-17)18-13-7-2-1-6-12(13)15(19)20/h1-8H,9,17H2. The van der Waals surface area contributed by atoms with Crippen LogP contribution in [0.4, 0.5) is 4.39 Å². The SMILES string of the molecule is NCc1nc2ccccc2c(=O)n1-c1cccc(F)c1. The summed E-state index contributed by atoms with van der Waals surface area (Å²) in [5, 5.41) is 0.481. The molecule has 2 aromatic carbocycles. The summed E-state index contributed by atoms with van der Waals surface area (Å²) in [6.07, 6.45) is 0. The maximum atomic E-state index is 13.4. The van der Waals surface area contributed by atoms with Crippen LogP contribution in [-0.4, -0.2) is 9.55 Å². The maximum Gasteiger partial charge on any atom is 0.266 e. The van der Waals surface area contributed by atoms with Crippen LogP contribution in [0, 0.1) is 5.82 Å². The largest absolute Gasteiger partial charge is 0.324 e. The van der Waals surface area contributed by atoms with Crippen LogP contribution < -0.4 is 11.3 Å². The van der Waals surface area contributed by atoms with Gasteiger partial charge in [0.15, 0.2) is 0 Å². The first-order valence-corrected chi connectivity index (χ1v) is 6.17. The molecule has 100 valence electrons. The van der Waals surface area contributed by atoms with Gasteiger partial charge in [0.05, 0.1) is 23.1 Å². The number of aromatic nitrogens is 2. The average molecular weight is 269 g/mol. The van der Waals surface area contributed by atoms with E-state index in [1.165, 1.54) is 16.7 Å². The molecule has 20 heavy (non-hydrogen) atoms. The van der Waals surface area contributed by atoms with E-state index in [1.54, 1.807) is 30.3 Å². The summed E-state index contributed by atoms with van der Waals surface area (Å²) in [6.45, 7) is 0.0938. The van der Waals surface area contributed by atoms with Gasteiger partial charge in [-0.1, -0.05) is 18.2 Å². The van der Waals surface area contributed by atoms with Gasteiger partial charge in [0, 0.05) is 0 Å². The molecule has 4 nitrogen and oxygen atoms in total. The number of para-hydroxylation sites is 1. The van der Waals surface area contributed by atoms with E-state index < -0.39 is 5.82 Å². The molecule has 0 saturated heterocycles. The van der Waals surface area contributed by atoms with Crippen molar-refractivity contribution in [3.63, 3.8) is 0 Å². The van der Waals surface area contributed by atoms with Crippen LogP contribution >= 0.6 is 0 Å². The molecule has 0 atom stereocenters. The minimum atomic E-state index is -0.412. The van der Waals surface area contributed by atoms with Crippen molar-refractivity contribution in [2.75, 3.05) is 0 Å². The quantitative estimate of drug-likeness (QED) is 0.774. The van der Waals surface area contributed by atoms with Crippen LogP contribution in [0.1, 0.15) is 5.82 Å². The van der Waals surface area contributed by atoms with E-state index in [9.17, 15) is 9.18 Å². The van der Waals surface area contributed by atoms with Crippen LogP contribution in [-0.2, 0) is 6.54 Å². The third kappa shape index (κ3) is 1.98. The molecule has 3 aromatic rings. The summed E-state index contributed by atoms with van der Waals surface area (Å²) in [6, 6.07) is 12.8. The van der Waals surface area contributed by atoms with Gasteiger partial charge < -0.3 is 5.73 Å². The van der Waals surface area contributed by atoms with Crippen LogP contribution in [0.5, 0.6) is 0 Å². The highest BCUT2D eigenvalue weighted by Crippen LogP contribution is 2.13. The van der Waals surface area contributed by atoms with Gasteiger partial charge >= 0.3 is 0 Å². The fraction of sp³-hybridized carbons (Fsp3) is 0.0667. The molecule has 0 amide bonds. The summed E-state index contributed by atoms with van der Waals surface area (Å²) in [4.78, 5) is 16.9. The Balaban J connectivity index is 2.40. The number of fused-ring (bicyclic) bond motifs is 1. The van der Waals surface area contributed by atoms with Crippen LogP contribution in [0.25, 0.3) is 16.6 Å². The van der Waals surface area contributed by atoms with Gasteiger partial charge in [-0.05, 0) is 30.3 Å². The van der Waals surface area contributed by atoms with Gasteiger partial charge in [0.25, 0.3) is 5.56 Å². The van der Waals surface area contributed by atoms with E-state index in [1.807, 2.05) is 6.07 Å². The molecule has 0 aliphatic carbocycles. The van der Waals surface area contributed by atoms with Crippen molar-refractivity contribution in [3.05, 3.63) is 70.5 Å². The Morgan fingerprint density at radius 1 is 1.15 bits per heavy atom. The second kappa shape index (κ2) is 4.86. The lowest BCUT2D eigenvalue weighted by atomic mass is 10.2. The van der Waals surface area contributed by atoms with E-state index in [0.717, 1.165) is 0 Å². The first-order valence-electron chi connectivity index (χ1n) is 6.17. The molecule has 0 aliphatic rings. The number of hydrogen-bond acceptors (Lipinski definition) is 3. The fourth-order valence-corrected chi connectivity index (χ4v) is 2.20. The van der Waals surface area contributed by atoms with Crippen molar-refractivity contribution in [1.82, 2.24) is 9.55 Å². The van der Waals surface area contributed by atoms with Crippen molar-refractivity contribution in [1.29, 1.82) is 0 Å². The highest BCUT2D eigenvalue weighted by molar-refractivity contribution is 5.77. The van der Waals surface area contributed by atoms with E-state index in [-0.39, 0.29) is 12.1 Å². The van der Waals surface area contributed by atoms with Crippen molar-refractivity contribution in [3.8, 4) is 5.69 Å². The number of benzene rings is 2. The van der Waals surface area contributed by atoms with Crippen LogP contribution in [0.2, 0.25) is 0 Å². The zero-order valence-corrected chi connectivity index (χ0v) is 10.6. The lowest BCUT2D eigenvalue weighted by Crippen LogP contribution is -2.25. The van der Waals surface area contributed by atoms with Gasteiger partial charge in [-0.15, -0.1) is 0 Å². The van der Waals surface area contributed by atoms with E-state index in [4.69, 9.17) is 5.73 Å². The first-order chi connectivity index (χ1) is 9.70. The van der Waals surface area contributed by atoms with Gasteiger partial charge in [-0.25, -0.2) is 9.37 Å². The molecule has 1 aromatic heterocycles. The highest BCUT2D eigenvalue weighted by Gasteiger charge is 2.11. The van der Waals surface area contributed by atoms with Crippen molar-refractivity contribution in [2.45, 2.75) is 6.54 Å². The highest BCUT2D eigenvalue weighted by atomic mass is 19.1. The minimum absolute atomic E-state index is 0.0938. The molecular formula is C15H12FN3O. The number of nitrogens with zero attached hydrogens (tertiary/aromatic N) is 2. The van der Waals surface area contributed by atoms with Gasteiger partial charge in [0.1, 0.15) is 11.6 Å². The number of rotatable bonds is 2. The van der Waals surface area contributed by atoms with Gasteiger partial charge in [-0.2, -0.15) is 0 Å². The molecule has 0 unspecified atom stereocenters. The summed E-state index contributed by atoms with van der Waals surface area (Å²) in [5.41, 5.74) is 6.43. The molecular weight excluding hydrogens is 257 g/mol.